The van der Waals surface area contributed by atoms with Crippen molar-refractivity contribution in [1.29, 1.82) is 0 Å². The standard InChI is InChI=1S/C14H16N4OS/c1-10(11-3-2-4-15-7-11)16-14(19)12-8-18-5-6-20-9-13(18)17-12/h2-4,7-8,10H,5-6,9H2,1H3,(H,16,19)/t10-/m1/s1. The smallest absolute Gasteiger partial charge is 0.271 e. The van der Waals surface area contributed by atoms with Gasteiger partial charge in [0.1, 0.15) is 11.5 Å². The summed E-state index contributed by atoms with van der Waals surface area (Å²) in [6, 6.07) is 3.74. The van der Waals surface area contributed by atoms with E-state index in [9.17, 15) is 4.79 Å². The zero-order chi connectivity index (χ0) is 13.9. The van der Waals surface area contributed by atoms with Gasteiger partial charge in [0, 0.05) is 30.9 Å². The maximum Gasteiger partial charge on any atom is 0.271 e. The predicted molar refractivity (Wildman–Crippen MR) is 78.5 cm³/mol. The summed E-state index contributed by atoms with van der Waals surface area (Å²) in [6.45, 7) is 2.87. The Morgan fingerprint density at radius 3 is 3.20 bits per heavy atom. The highest BCUT2D eigenvalue weighted by Gasteiger charge is 2.18. The molecule has 0 aromatic carbocycles. The summed E-state index contributed by atoms with van der Waals surface area (Å²) in [5, 5.41) is 2.96. The molecule has 0 saturated carbocycles. The highest BCUT2D eigenvalue weighted by molar-refractivity contribution is 7.98. The van der Waals surface area contributed by atoms with E-state index in [2.05, 4.69) is 19.9 Å². The predicted octanol–water partition coefficient (Wildman–Crippen LogP) is 2.02. The van der Waals surface area contributed by atoms with Crippen LogP contribution in [-0.2, 0) is 12.3 Å². The minimum Gasteiger partial charge on any atom is -0.344 e. The van der Waals surface area contributed by atoms with Gasteiger partial charge in [-0.05, 0) is 18.6 Å². The minimum absolute atomic E-state index is 0.0793. The second-order valence-electron chi connectivity index (χ2n) is 4.77. The van der Waals surface area contributed by atoms with E-state index < -0.39 is 0 Å². The van der Waals surface area contributed by atoms with Crippen LogP contribution in [0.1, 0.15) is 34.8 Å². The van der Waals surface area contributed by atoms with Crippen molar-refractivity contribution in [2.75, 3.05) is 5.75 Å². The summed E-state index contributed by atoms with van der Waals surface area (Å²) in [5.41, 5.74) is 1.48. The monoisotopic (exact) mass is 288 g/mol. The van der Waals surface area contributed by atoms with Gasteiger partial charge in [-0.3, -0.25) is 9.78 Å². The van der Waals surface area contributed by atoms with Crippen LogP contribution in [0.25, 0.3) is 0 Å². The molecule has 0 radical (unpaired) electrons. The Kier molecular flexibility index (Phi) is 3.73. The molecule has 0 aliphatic carbocycles. The van der Waals surface area contributed by atoms with E-state index in [1.165, 1.54) is 0 Å². The third-order valence-electron chi connectivity index (χ3n) is 3.33. The van der Waals surface area contributed by atoms with E-state index >= 15 is 0 Å². The maximum absolute atomic E-state index is 12.2. The lowest BCUT2D eigenvalue weighted by Gasteiger charge is -2.12. The van der Waals surface area contributed by atoms with Crippen molar-refractivity contribution in [2.45, 2.75) is 25.3 Å². The first kappa shape index (κ1) is 13.2. The number of nitrogens with one attached hydrogen (secondary N) is 1. The topological polar surface area (TPSA) is 59.8 Å². The number of imidazole rings is 1. The Balaban J connectivity index is 1.71. The molecular weight excluding hydrogens is 272 g/mol. The van der Waals surface area contributed by atoms with Gasteiger partial charge >= 0.3 is 0 Å². The van der Waals surface area contributed by atoms with Gasteiger partial charge in [0.25, 0.3) is 5.91 Å². The van der Waals surface area contributed by atoms with E-state index in [1.54, 1.807) is 12.4 Å². The van der Waals surface area contributed by atoms with Crippen molar-refractivity contribution in [3.63, 3.8) is 0 Å². The number of fused-ring (bicyclic) bond motifs is 1. The van der Waals surface area contributed by atoms with Gasteiger partial charge in [-0.25, -0.2) is 4.98 Å². The lowest BCUT2D eigenvalue weighted by Crippen LogP contribution is -2.27. The highest BCUT2D eigenvalue weighted by Crippen LogP contribution is 2.19. The fraction of sp³-hybridized carbons (Fsp3) is 0.357. The van der Waals surface area contributed by atoms with Crippen LogP contribution >= 0.6 is 11.8 Å². The molecule has 6 heteroatoms. The average Bonchev–Trinajstić information content (AvgIpc) is 2.92. The van der Waals surface area contributed by atoms with Crippen LogP contribution in [0.15, 0.2) is 30.7 Å². The third-order valence-corrected chi connectivity index (χ3v) is 4.27. The molecule has 20 heavy (non-hydrogen) atoms. The third kappa shape index (κ3) is 2.70. The number of pyridine rings is 1. The number of nitrogens with zero attached hydrogens (tertiary/aromatic N) is 3. The van der Waals surface area contributed by atoms with Gasteiger partial charge in [-0.1, -0.05) is 6.07 Å². The van der Waals surface area contributed by atoms with Gasteiger partial charge in [0.15, 0.2) is 0 Å². The number of hydrogen-bond donors (Lipinski definition) is 1. The van der Waals surface area contributed by atoms with Crippen molar-refractivity contribution in [3.05, 3.63) is 47.8 Å². The van der Waals surface area contributed by atoms with E-state index in [-0.39, 0.29) is 11.9 Å². The molecule has 2 aromatic heterocycles. The van der Waals surface area contributed by atoms with Gasteiger partial charge in [-0.15, -0.1) is 0 Å². The van der Waals surface area contributed by atoms with Crippen LogP contribution in [-0.4, -0.2) is 26.2 Å². The Morgan fingerprint density at radius 2 is 2.45 bits per heavy atom. The van der Waals surface area contributed by atoms with E-state index in [0.29, 0.717) is 5.69 Å². The van der Waals surface area contributed by atoms with Gasteiger partial charge < -0.3 is 9.88 Å². The number of carbonyl (C=O) groups excluding carboxylic acids is 1. The van der Waals surface area contributed by atoms with Crippen molar-refractivity contribution in [2.24, 2.45) is 0 Å². The molecule has 5 nitrogen and oxygen atoms in total. The maximum atomic E-state index is 12.2. The van der Waals surface area contributed by atoms with Crippen molar-refractivity contribution in [1.82, 2.24) is 19.9 Å². The molecule has 1 atom stereocenters. The largest absolute Gasteiger partial charge is 0.344 e. The fourth-order valence-corrected chi connectivity index (χ4v) is 3.07. The lowest BCUT2D eigenvalue weighted by molar-refractivity contribution is 0.0935. The van der Waals surface area contributed by atoms with Crippen LogP contribution in [0.5, 0.6) is 0 Å². The SMILES string of the molecule is C[C@@H](NC(=O)c1cn2c(n1)CSCC2)c1cccnc1. The Morgan fingerprint density at radius 1 is 1.55 bits per heavy atom. The first-order valence-corrected chi connectivity index (χ1v) is 7.74. The molecule has 1 aliphatic heterocycles. The van der Waals surface area contributed by atoms with E-state index in [1.807, 2.05) is 37.0 Å². The molecule has 2 aromatic rings. The molecule has 3 rings (SSSR count). The van der Waals surface area contributed by atoms with Crippen LogP contribution in [0, 0.1) is 0 Å². The first-order valence-electron chi connectivity index (χ1n) is 6.58. The van der Waals surface area contributed by atoms with Crippen LogP contribution in [0.4, 0.5) is 0 Å². The molecule has 3 heterocycles. The Labute approximate surface area is 121 Å². The van der Waals surface area contributed by atoms with Gasteiger partial charge in [-0.2, -0.15) is 11.8 Å². The average molecular weight is 288 g/mol. The number of carbonyl (C=O) groups is 1. The number of hydrogen-bond acceptors (Lipinski definition) is 4. The van der Waals surface area contributed by atoms with Crippen molar-refractivity contribution < 1.29 is 4.79 Å². The lowest BCUT2D eigenvalue weighted by atomic mass is 10.1. The molecule has 0 spiro atoms. The highest BCUT2D eigenvalue weighted by atomic mass is 32.2. The van der Waals surface area contributed by atoms with Gasteiger partial charge in [0.2, 0.25) is 0 Å². The number of amides is 1. The zero-order valence-corrected chi connectivity index (χ0v) is 12.1. The molecule has 1 aliphatic rings. The summed E-state index contributed by atoms with van der Waals surface area (Å²) in [5.74, 6) is 2.82. The molecule has 0 unspecified atom stereocenters. The summed E-state index contributed by atoms with van der Waals surface area (Å²) >= 11 is 1.85. The molecular formula is C14H16N4OS. The number of rotatable bonds is 3. The Bertz CT molecular complexity index is 587. The van der Waals surface area contributed by atoms with Crippen molar-refractivity contribution in [3.8, 4) is 0 Å². The fourth-order valence-electron chi connectivity index (χ4n) is 2.18. The van der Waals surface area contributed by atoms with Gasteiger partial charge in [0.05, 0.1) is 11.8 Å². The molecule has 0 bridgehead atoms. The summed E-state index contributed by atoms with van der Waals surface area (Å²) in [7, 11) is 0. The molecule has 1 amide bonds. The number of thioether (sulfide) groups is 1. The second kappa shape index (κ2) is 5.66. The second-order valence-corrected chi connectivity index (χ2v) is 5.88. The van der Waals surface area contributed by atoms with E-state index in [4.69, 9.17) is 0 Å². The van der Waals surface area contributed by atoms with Crippen LogP contribution in [0.2, 0.25) is 0 Å². The molecule has 0 fully saturated rings. The Hall–Kier alpha value is -1.82. The van der Waals surface area contributed by atoms with Crippen molar-refractivity contribution >= 4 is 17.7 Å². The van der Waals surface area contributed by atoms with Crippen LogP contribution in [0.3, 0.4) is 0 Å². The van der Waals surface area contributed by atoms with E-state index in [0.717, 1.165) is 29.4 Å². The molecule has 0 saturated heterocycles. The molecule has 1 N–H and O–H groups in total. The zero-order valence-electron chi connectivity index (χ0n) is 11.2. The quantitative estimate of drug-likeness (QED) is 0.938. The normalized spacial score (nSPS) is 15.4. The summed E-state index contributed by atoms with van der Waals surface area (Å²) in [4.78, 5) is 20.7. The van der Waals surface area contributed by atoms with Crippen LogP contribution < -0.4 is 5.32 Å². The minimum atomic E-state index is -0.131. The summed E-state index contributed by atoms with van der Waals surface area (Å²) in [6.07, 6.45) is 5.33. The summed E-state index contributed by atoms with van der Waals surface area (Å²) < 4.78 is 2.07. The number of aryl methyl sites for hydroxylation is 1. The first-order chi connectivity index (χ1) is 9.74. The number of aromatic nitrogens is 3. The molecule has 104 valence electrons.